The third-order valence-corrected chi connectivity index (χ3v) is 1.42. The summed E-state index contributed by atoms with van der Waals surface area (Å²) in [5.74, 6) is 0. The highest BCUT2D eigenvalue weighted by atomic mass is 16.3. The third-order valence-electron chi connectivity index (χ3n) is 1.42. The van der Waals surface area contributed by atoms with Crippen molar-refractivity contribution in [2.45, 2.75) is 31.3 Å². The van der Waals surface area contributed by atoms with Crippen LogP contribution in [0.5, 0.6) is 0 Å². The Morgan fingerprint density at radius 2 is 1.82 bits per heavy atom. The lowest BCUT2D eigenvalue weighted by molar-refractivity contribution is -0.118. The van der Waals surface area contributed by atoms with Crippen molar-refractivity contribution in [1.82, 2.24) is 0 Å². The van der Waals surface area contributed by atoms with Gasteiger partial charge >= 0.3 is 0 Å². The summed E-state index contributed by atoms with van der Waals surface area (Å²) >= 11 is 0. The van der Waals surface area contributed by atoms with Gasteiger partial charge in [0.15, 0.2) is 0 Å². The van der Waals surface area contributed by atoms with Crippen molar-refractivity contribution in [3.63, 3.8) is 0 Å². The summed E-state index contributed by atoms with van der Waals surface area (Å²) < 4.78 is 0. The van der Waals surface area contributed by atoms with E-state index in [-0.39, 0.29) is 6.29 Å². The Kier molecular flexibility index (Phi) is 4.20. The molecule has 0 aromatic carbocycles. The molecule has 0 saturated carbocycles. The van der Waals surface area contributed by atoms with E-state index in [1.165, 1.54) is 6.92 Å². The molecule has 0 heterocycles. The summed E-state index contributed by atoms with van der Waals surface area (Å²) in [7, 11) is 0. The first-order valence-corrected chi connectivity index (χ1v) is 3.25. The summed E-state index contributed by atoms with van der Waals surface area (Å²) in [6, 6.07) is -1.13. The van der Waals surface area contributed by atoms with Gasteiger partial charge in [-0.05, 0) is 6.92 Å². The van der Waals surface area contributed by atoms with E-state index in [0.29, 0.717) is 0 Å². The Morgan fingerprint density at radius 3 is 2.09 bits per heavy atom. The first kappa shape index (κ1) is 10.5. The molecule has 4 atom stereocenters. The summed E-state index contributed by atoms with van der Waals surface area (Å²) in [6.07, 6.45) is -3.55. The second kappa shape index (κ2) is 4.40. The predicted molar refractivity (Wildman–Crippen MR) is 37.7 cm³/mol. The van der Waals surface area contributed by atoms with Crippen LogP contribution in [-0.4, -0.2) is 46.0 Å². The normalized spacial score (nSPS) is 21.9. The Bertz CT molecular complexity index is 128. The summed E-state index contributed by atoms with van der Waals surface area (Å²) in [5, 5.41) is 26.6. The second-order valence-corrected chi connectivity index (χ2v) is 2.44. The smallest absolute Gasteiger partial charge is 0.150 e. The van der Waals surface area contributed by atoms with Gasteiger partial charge < -0.3 is 25.8 Å². The Balaban J connectivity index is 4.00. The van der Waals surface area contributed by atoms with Crippen LogP contribution in [0.1, 0.15) is 6.92 Å². The van der Waals surface area contributed by atoms with Crippen LogP contribution in [0.25, 0.3) is 0 Å². The van der Waals surface area contributed by atoms with Crippen molar-refractivity contribution in [2.75, 3.05) is 0 Å². The molecule has 0 bridgehead atoms. The van der Waals surface area contributed by atoms with Crippen LogP contribution in [0.15, 0.2) is 0 Å². The van der Waals surface area contributed by atoms with Crippen LogP contribution >= 0.6 is 0 Å². The van der Waals surface area contributed by atoms with E-state index in [4.69, 9.17) is 21.1 Å². The largest absolute Gasteiger partial charge is 0.391 e. The van der Waals surface area contributed by atoms with Gasteiger partial charge in [-0.15, -0.1) is 0 Å². The molecular weight excluding hydrogens is 150 g/mol. The van der Waals surface area contributed by atoms with Crippen LogP contribution in [0.4, 0.5) is 0 Å². The van der Waals surface area contributed by atoms with Gasteiger partial charge in [0.1, 0.15) is 12.4 Å². The molecule has 0 aliphatic heterocycles. The monoisotopic (exact) mass is 163 g/mol. The number of hydrogen-bond acceptors (Lipinski definition) is 5. The van der Waals surface area contributed by atoms with E-state index < -0.39 is 24.4 Å². The number of carbonyl (C=O) groups is 1. The maximum Gasteiger partial charge on any atom is 0.150 e. The molecule has 0 aliphatic carbocycles. The number of carbonyl (C=O) groups excluding carboxylic acids is 1. The quantitative estimate of drug-likeness (QED) is 0.346. The number of nitrogens with two attached hydrogens (primary N) is 1. The number of hydrogen-bond donors (Lipinski definition) is 4. The molecule has 0 amide bonds. The average molecular weight is 163 g/mol. The van der Waals surface area contributed by atoms with E-state index in [1.54, 1.807) is 0 Å². The van der Waals surface area contributed by atoms with Crippen LogP contribution in [0.2, 0.25) is 0 Å². The zero-order chi connectivity index (χ0) is 9.02. The van der Waals surface area contributed by atoms with Crippen molar-refractivity contribution >= 4 is 6.29 Å². The molecule has 0 aromatic heterocycles. The number of aliphatic hydroxyl groups excluding tert-OH is 3. The Morgan fingerprint density at radius 1 is 1.36 bits per heavy atom. The molecule has 5 nitrogen and oxygen atoms in total. The first-order valence-electron chi connectivity index (χ1n) is 3.25. The van der Waals surface area contributed by atoms with E-state index in [1.807, 2.05) is 0 Å². The molecule has 11 heavy (non-hydrogen) atoms. The maximum atomic E-state index is 9.95. The molecular formula is C6H13NO4. The highest BCUT2D eigenvalue weighted by molar-refractivity contribution is 5.57. The van der Waals surface area contributed by atoms with Gasteiger partial charge in [-0.3, -0.25) is 0 Å². The van der Waals surface area contributed by atoms with Crippen molar-refractivity contribution in [3.05, 3.63) is 0 Å². The predicted octanol–water partition coefficient (Wildman–Crippen LogP) is -2.38. The van der Waals surface area contributed by atoms with Gasteiger partial charge in [0, 0.05) is 0 Å². The Hall–Kier alpha value is -0.490. The summed E-state index contributed by atoms with van der Waals surface area (Å²) in [4.78, 5) is 9.95. The van der Waals surface area contributed by atoms with Crippen LogP contribution in [0.3, 0.4) is 0 Å². The maximum absolute atomic E-state index is 9.95. The SMILES string of the molecule is C[C@H](O)[C@@H](O)[C@H](N)[C@@H](O)C=O. The second-order valence-electron chi connectivity index (χ2n) is 2.44. The first-order chi connectivity index (χ1) is 5.00. The summed E-state index contributed by atoms with van der Waals surface area (Å²) in [5.41, 5.74) is 5.18. The number of rotatable bonds is 4. The average Bonchev–Trinajstić information content (AvgIpc) is 2.00. The lowest BCUT2D eigenvalue weighted by Gasteiger charge is -2.22. The lowest BCUT2D eigenvalue weighted by Crippen LogP contribution is -2.50. The van der Waals surface area contributed by atoms with E-state index in [9.17, 15) is 4.79 Å². The van der Waals surface area contributed by atoms with Crippen molar-refractivity contribution in [3.8, 4) is 0 Å². The lowest BCUT2D eigenvalue weighted by atomic mass is 10.0. The van der Waals surface area contributed by atoms with Crippen molar-refractivity contribution < 1.29 is 20.1 Å². The third kappa shape index (κ3) is 2.94. The molecule has 0 aromatic rings. The van der Waals surface area contributed by atoms with Gasteiger partial charge in [-0.1, -0.05) is 0 Å². The van der Waals surface area contributed by atoms with Crippen molar-refractivity contribution in [1.29, 1.82) is 0 Å². The molecule has 5 N–H and O–H groups in total. The topological polar surface area (TPSA) is 104 Å². The van der Waals surface area contributed by atoms with Gasteiger partial charge in [0.25, 0.3) is 0 Å². The Labute approximate surface area is 64.4 Å². The highest BCUT2D eigenvalue weighted by Crippen LogP contribution is 2.00. The van der Waals surface area contributed by atoms with Crippen LogP contribution in [-0.2, 0) is 4.79 Å². The zero-order valence-electron chi connectivity index (χ0n) is 6.21. The molecule has 0 rings (SSSR count). The summed E-state index contributed by atoms with van der Waals surface area (Å²) in [6.45, 7) is 1.32. The molecule has 66 valence electrons. The minimum atomic E-state index is -1.43. The fraction of sp³-hybridized carbons (Fsp3) is 0.833. The molecule has 5 heteroatoms. The number of aliphatic hydroxyl groups is 3. The zero-order valence-corrected chi connectivity index (χ0v) is 6.21. The van der Waals surface area contributed by atoms with Crippen LogP contribution < -0.4 is 5.73 Å². The molecule has 0 spiro atoms. The molecule has 0 saturated heterocycles. The van der Waals surface area contributed by atoms with Gasteiger partial charge in [-0.25, -0.2) is 0 Å². The van der Waals surface area contributed by atoms with E-state index >= 15 is 0 Å². The van der Waals surface area contributed by atoms with E-state index in [0.717, 1.165) is 0 Å². The van der Waals surface area contributed by atoms with Gasteiger partial charge in [0.2, 0.25) is 0 Å². The molecule has 0 aliphatic rings. The highest BCUT2D eigenvalue weighted by Gasteiger charge is 2.25. The van der Waals surface area contributed by atoms with Crippen molar-refractivity contribution in [2.24, 2.45) is 5.73 Å². The van der Waals surface area contributed by atoms with Gasteiger partial charge in [0.05, 0.1) is 18.2 Å². The minimum absolute atomic E-state index is 0.219. The number of aldehydes is 1. The fourth-order valence-electron chi connectivity index (χ4n) is 0.614. The molecule has 0 fully saturated rings. The van der Waals surface area contributed by atoms with Gasteiger partial charge in [-0.2, -0.15) is 0 Å². The standard InChI is InChI=1S/C6H13NO4/c1-3(9)6(11)5(7)4(10)2-8/h2-6,9-11H,7H2,1H3/t3-,4-,5+,6+/m0/s1. The molecule has 0 radical (unpaired) electrons. The van der Waals surface area contributed by atoms with E-state index in [2.05, 4.69) is 0 Å². The minimum Gasteiger partial charge on any atom is -0.391 e. The fourth-order valence-corrected chi connectivity index (χ4v) is 0.614. The molecule has 0 unspecified atom stereocenters. The van der Waals surface area contributed by atoms with Crippen LogP contribution in [0, 0.1) is 0 Å².